The lowest BCUT2D eigenvalue weighted by atomic mass is 10.2. The number of carboxylic acid groups (broad SMARTS) is 1. The standard InChI is InChI=1S/C9H15NO6S/c1-10(17(3,14)15)5-4-7(6-8(11)12)9(13)16-2/h6H,4-5H2,1-3H3,(H,11,12)/b7-6+. The van der Waals surface area contributed by atoms with E-state index in [2.05, 4.69) is 4.74 Å². The Morgan fingerprint density at radius 2 is 1.94 bits per heavy atom. The molecule has 0 amide bonds. The van der Waals surface area contributed by atoms with E-state index in [-0.39, 0.29) is 18.5 Å². The summed E-state index contributed by atoms with van der Waals surface area (Å²) in [5.41, 5.74) is -0.0875. The van der Waals surface area contributed by atoms with Crippen LogP contribution in [0.2, 0.25) is 0 Å². The average Bonchev–Trinajstić information content (AvgIpc) is 2.20. The van der Waals surface area contributed by atoms with Gasteiger partial charge in [0, 0.05) is 25.2 Å². The summed E-state index contributed by atoms with van der Waals surface area (Å²) in [6, 6.07) is 0. The van der Waals surface area contributed by atoms with Gasteiger partial charge in [0.2, 0.25) is 10.0 Å². The highest BCUT2D eigenvalue weighted by Gasteiger charge is 2.16. The van der Waals surface area contributed by atoms with Crippen LogP contribution in [-0.2, 0) is 24.3 Å². The monoisotopic (exact) mass is 265 g/mol. The van der Waals surface area contributed by atoms with E-state index in [1.807, 2.05) is 0 Å². The lowest BCUT2D eigenvalue weighted by molar-refractivity contribution is -0.137. The number of carboxylic acids is 1. The van der Waals surface area contributed by atoms with Crippen LogP contribution in [0.5, 0.6) is 0 Å². The molecule has 1 N–H and O–H groups in total. The summed E-state index contributed by atoms with van der Waals surface area (Å²) in [4.78, 5) is 21.6. The molecule has 0 aliphatic rings. The minimum Gasteiger partial charge on any atom is -0.478 e. The number of sulfonamides is 1. The van der Waals surface area contributed by atoms with Crippen molar-refractivity contribution < 1.29 is 27.9 Å². The summed E-state index contributed by atoms with van der Waals surface area (Å²) < 4.78 is 27.6. The lowest BCUT2D eigenvalue weighted by Gasteiger charge is -2.14. The van der Waals surface area contributed by atoms with Crippen LogP contribution in [-0.4, -0.2) is 56.7 Å². The third-order valence-electron chi connectivity index (χ3n) is 2.01. The maximum absolute atomic E-state index is 11.2. The Balaban J connectivity index is 4.70. The molecule has 0 aromatic heterocycles. The molecule has 7 nitrogen and oxygen atoms in total. The Morgan fingerprint density at radius 1 is 1.41 bits per heavy atom. The van der Waals surface area contributed by atoms with Gasteiger partial charge in [-0.05, 0) is 6.42 Å². The van der Waals surface area contributed by atoms with Gasteiger partial charge >= 0.3 is 11.9 Å². The van der Waals surface area contributed by atoms with Crippen LogP contribution in [0.1, 0.15) is 6.42 Å². The molecule has 0 aliphatic carbocycles. The van der Waals surface area contributed by atoms with Crippen molar-refractivity contribution in [3.8, 4) is 0 Å². The SMILES string of the molecule is COC(=O)/C(=C/C(=O)O)CCN(C)S(C)(=O)=O. The number of nitrogens with zero attached hydrogens (tertiary/aromatic N) is 1. The first-order chi connectivity index (χ1) is 7.68. The van der Waals surface area contributed by atoms with E-state index in [0.717, 1.165) is 17.7 Å². The highest BCUT2D eigenvalue weighted by atomic mass is 32.2. The van der Waals surface area contributed by atoms with Crippen molar-refractivity contribution in [2.24, 2.45) is 0 Å². The van der Waals surface area contributed by atoms with Crippen LogP contribution in [0.15, 0.2) is 11.6 Å². The van der Waals surface area contributed by atoms with Crippen LogP contribution in [0, 0.1) is 0 Å². The van der Waals surface area contributed by atoms with Gasteiger partial charge in [-0.25, -0.2) is 22.3 Å². The summed E-state index contributed by atoms with van der Waals surface area (Å²) in [6.07, 6.45) is 1.70. The third-order valence-corrected chi connectivity index (χ3v) is 3.32. The largest absolute Gasteiger partial charge is 0.478 e. The van der Waals surface area contributed by atoms with Crippen molar-refractivity contribution in [2.45, 2.75) is 6.42 Å². The van der Waals surface area contributed by atoms with E-state index < -0.39 is 22.0 Å². The molecule has 0 fully saturated rings. The first-order valence-electron chi connectivity index (χ1n) is 4.61. The fourth-order valence-corrected chi connectivity index (χ4v) is 1.38. The van der Waals surface area contributed by atoms with Gasteiger partial charge < -0.3 is 9.84 Å². The van der Waals surface area contributed by atoms with E-state index in [4.69, 9.17) is 5.11 Å². The first-order valence-corrected chi connectivity index (χ1v) is 6.46. The zero-order valence-corrected chi connectivity index (χ0v) is 10.7. The third kappa shape index (κ3) is 6.03. The molecular formula is C9H15NO6S. The molecule has 0 spiro atoms. The second kappa shape index (κ2) is 6.36. The molecule has 8 heteroatoms. The van der Waals surface area contributed by atoms with Crippen molar-refractivity contribution in [2.75, 3.05) is 27.0 Å². The average molecular weight is 265 g/mol. The molecular weight excluding hydrogens is 250 g/mol. The Bertz CT molecular complexity index is 425. The number of hydrogen-bond acceptors (Lipinski definition) is 5. The maximum atomic E-state index is 11.2. The van der Waals surface area contributed by atoms with E-state index in [1.54, 1.807) is 0 Å². The number of carbonyl (C=O) groups excluding carboxylic acids is 1. The predicted molar refractivity (Wildman–Crippen MR) is 59.8 cm³/mol. The van der Waals surface area contributed by atoms with Crippen molar-refractivity contribution in [3.63, 3.8) is 0 Å². The molecule has 0 aromatic carbocycles. The second-order valence-electron chi connectivity index (χ2n) is 3.33. The number of esters is 1. The molecule has 0 aromatic rings. The fourth-order valence-electron chi connectivity index (χ4n) is 0.957. The van der Waals surface area contributed by atoms with E-state index >= 15 is 0 Å². The molecule has 0 atom stereocenters. The number of aliphatic carboxylic acids is 1. The Kier molecular flexibility index (Phi) is 5.83. The summed E-state index contributed by atoms with van der Waals surface area (Å²) in [5.74, 6) is -2.07. The van der Waals surface area contributed by atoms with Crippen LogP contribution < -0.4 is 0 Å². The zero-order chi connectivity index (χ0) is 13.6. The van der Waals surface area contributed by atoms with Gasteiger partial charge in [0.25, 0.3) is 0 Å². The molecule has 0 aliphatic heterocycles. The maximum Gasteiger partial charge on any atom is 0.334 e. The molecule has 0 unspecified atom stereocenters. The van der Waals surface area contributed by atoms with Crippen molar-refractivity contribution in [1.82, 2.24) is 4.31 Å². The Morgan fingerprint density at radius 3 is 2.29 bits per heavy atom. The minimum absolute atomic E-state index is 0.00699. The molecule has 98 valence electrons. The van der Waals surface area contributed by atoms with Gasteiger partial charge in [-0.3, -0.25) is 0 Å². The van der Waals surface area contributed by atoms with Crippen LogP contribution >= 0.6 is 0 Å². The highest BCUT2D eigenvalue weighted by molar-refractivity contribution is 7.88. The second-order valence-corrected chi connectivity index (χ2v) is 5.42. The number of hydrogen-bond donors (Lipinski definition) is 1. The Hall–Kier alpha value is -1.41. The van der Waals surface area contributed by atoms with Crippen LogP contribution in [0.3, 0.4) is 0 Å². The quantitative estimate of drug-likeness (QED) is 0.511. The molecule has 17 heavy (non-hydrogen) atoms. The molecule has 0 saturated carbocycles. The number of carbonyl (C=O) groups is 2. The van der Waals surface area contributed by atoms with Gasteiger partial charge in [0.15, 0.2) is 0 Å². The molecule has 0 heterocycles. The fraction of sp³-hybridized carbons (Fsp3) is 0.556. The predicted octanol–water partition coefficient (Wildman–Crippen LogP) is -0.548. The topological polar surface area (TPSA) is 101 Å². The number of ether oxygens (including phenoxy) is 1. The van der Waals surface area contributed by atoms with Crippen molar-refractivity contribution in [3.05, 3.63) is 11.6 Å². The first kappa shape index (κ1) is 15.6. The summed E-state index contributed by atoms with van der Waals surface area (Å²) in [5, 5.41) is 8.54. The van der Waals surface area contributed by atoms with Crippen LogP contribution in [0.4, 0.5) is 0 Å². The van der Waals surface area contributed by atoms with Crippen molar-refractivity contribution in [1.29, 1.82) is 0 Å². The summed E-state index contributed by atoms with van der Waals surface area (Å²) in [6.45, 7) is 0.00699. The van der Waals surface area contributed by atoms with Crippen molar-refractivity contribution >= 4 is 22.0 Å². The number of methoxy groups -OCH3 is 1. The lowest BCUT2D eigenvalue weighted by Crippen LogP contribution is -2.27. The number of rotatable bonds is 6. The molecule has 0 saturated heterocycles. The van der Waals surface area contributed by atoms with Gasteiger partial charge in [-0.2, -0.15) is 0 Å². The summed E-state index contributed by atoms with van der Waals surface area (Å²) >= 11 is 0. The smallest absolute Gasteiger partial charge is 0.334 e. The van der Waals surface area contributed by atoms with E-state index in [0.29, 0.717) is 6.08 Å². The molecule has 0 rings (SSSR count). The van der Waals surface area contributed by atoms with Gasteiger partial charge in [-0.15, -0.1) is 0 Å². The van der Waals surface area contributed by atoms with Crippen LogP contribution in [0.25, 0.3) is 0 Å². The zero-order valence-electron chi connectivity index (χ0n) is 9.84. The highest BCUT2D eigenvalue weighted by Crippen LogP contribution is 2.06. The molecule has 0 radical (unpaired) electrons. The minimum atomic E-state index is -3.35. The van der Waals surface area contributed by atoms with Gasteiger partial charge in [-0.1, -0.05) is 0 Å². The summed E-state index contributed by atoms with van der Waals surface area (Å²) in [7, 11) is -0.891. The van der Waals surface area contributed by atoms with E-state index in [1.165, 1.54) is 7.05 Å². The normalized spacial score (nSPS) is 12.6. The van der Waals surface area contributed by atoms with E-state index in [9.17, 15) is 18.0 Å². The van der Waals surface area contributed by atoms with Gasteiger partial charge in [0.1, 0.15) is 0 Å². The molecule has 0 bridgehead atoms. The Labute approximate surface area is 99.7 Å². The van der Waals surface area contributed by atoms with Gasteiger partial charge in [0.05, 0.1) is 13.4 Å².